The van der Waals surface area contributed by atoms with Crippen LogP contribution in [0.4, 0.5) is 0 Å². The Balaban J connectivity index is 0.00000450. The molecule has 0 aromatic heterocycles. The summed E-state index contributed by atoms with van der Waals surface area (Å²) in [7, 11) is 0. The van der Waals surface area contributed by atoms with Crippen LogP contribution in [-0.4, -0.2) is 30.4 Å². The number of aliphatic hydroxyl groups excluding tert-OH is 1. The number of ether oxygens (including phenoxy) is 1. The fourth-order valence-electron chi connectivity index (χ4n) is 3.31. The molecule has 2 aromatic rings. The Labute approximate surface area is 189 Å². The smallest absolute Gasteiger partial charge is 0.126 e. The van der Waals surface area contributed by atoms with Crippen LogP contribution >= 0.6 is 12.4 Å². The molecule has 0 aliphatic rings. The highest BCUT2D eigenvalue weighted by molar-refractivity contribution is 5.85. The molecule has 0 bridgehead atoms. The normalized spacial score (nSPS) is 13.1. The lowest BCUT2D eigenvalue weighted by Crippen LogP contribution is -2.35. The van der Waals surface area contributed by atoms with E-state index in [1.54, 1.807) is 0 Å². The zero-order chi connectivity index (χ0) is 21.8. The lowest BCUT2D eigenvalue weighted by Gasteiger charge is -2.31. The number of hydrogen-bond acceptors (Lipinski definition) is 3. The van der Waals surface area contributed by atoms with Gasteiger partial charge in [0.2, 0.25) is 0 Å². The average Bonchev–Trinajstić information content (AvgIpc) is 2.63. The molecule has 2 aromatic carbocycles. The molecular weight excluding hydrogens is 394 g/mol. The molecule has 2 rings (SSSR count). The fraction of sp³-hybridized carbons (Fsp3) is 0.538. The van der Waals surface area contributed by atoms with Gasteiger partial charge in [-0.1, -0.05) is 85.7 Å². The number of aliphatic hydroxyl groups is 1. The van der Waals surface area contributed by atoms with Crippen LogP contribution in [0, 0.1) is 0 Å². The van der Waals surface area contributed by atoms with Gasteiger partial charge in [-0.15, -0.1) is 12.4 Å². The van der Waals surface area contributed by atoms with Gasteiger partial charge in [-0.3, -0.25) is 0 Å². The van der Waals surface area contributed by atoms with Crippen LogP contribution in [0.25, 0.3) is 11.1 Å². The van der Waals surface area contributed by atoms with Crippen molar-refractivity contribution < 1.29 is 9.84 Å². The maximum Gasteiger partial charge on any atom is 0.126 e. The topological polar surface area (TPSA) is 41.5 Å². The van der Waals surface area contributed by atoms with Gasteiger partial charge in [-0.2, -0.15) is 0 Å². The van der Waals surface area contributed by atoms with Crippen molar-refractivity contribution in [2.75, 3.05) is 13.2 Å². The minimum atomic E-state index is -0.549. The lowest BCUT2D eigenvalue weighted by molar-refractivity contribution is 0.102. The third-order valence-electron chi connectivity index (χ3n) is 4.99. The maximum absolute atomic E-state index is 10.4. The van der Waals surface area contributed by atoms with Gasteiger partial charge in [0.05, 0.1) is 0 Å². The summed E-state index contributed by atoms with van der Waals surface area (Å²) >= 11 is 0. The van der Waals surface area contributed by atoms with Crippen LogP contribution in [0.15, 0.2) is 42.5 Å². The van der Waals surface area contributed by atoms with Gasteiger partial charge in [0, 0.05) is 23.7 Å². The van der Waals surface area contributed by atoms with Crippen molar-refractivity contribution >= 4 is 12.4 Å². The van der Waals surface area contributed by atoms with E-state index in [0.717, 1.165) is 5.75 Å². The largest absolute Gasteiger partial charge is 0.490 e. The van der Waals surface area contributed by atoms with Crippen LogP contribution in [-0.2, 0) is 10.8 Å². The van der Waals surface area contributed by atoms with E-state index >= 15 is 0 Å². The standard InChI is InChI=1S/C26H39NO2.ClH/c1-18(2)27-16-21(28)17-29-24-22(25(3,4)5)14-20(15-23(24)26(6,7)8)19-12-10-9-11-13-19;/h9-15,18,21,27-28H,16-17H2,1-8H3;1H. The van der Waals surface area contributed by atoms with Gasteiger partial charge in [0.1, 0.15) is 18.5 Å². The van der Waals surface area contributed by atoms with Gasteiger partial charge in [-0.25, -0.2) is 0 Å². The lowest BCUT2D eigenvalue weighted by atomic mass is 9.77. The molecule has 0 fully saturated rings. The second-order valence-corrected chi connectivity index (χ2v) is 10.3. The highest BCUT2D eigenvalue weighted by Crippen LogP contribution is 2.42. The Hall–Kier alpha value is -1.55. The summed E-state index contributed by atoms with van der Waals surface area (Å²) < 4.78 is 6.32. The minimum Gasteiger partial charge on any atom is -0.490 e. The van der Waals surface area contributed by atoms with Gasteiger partial charge >= 0.3 is 0 Å². The Kier molecular flexibility index (Phi) is 9.41. The Morgan fingerprint density at radius 3 is 1.80 bits per heavy atom. The first kappa shape index (κ1) is 26.5. The summed E-state index contributed by atoms with van der Waals surface area (Å²) in [5.74, 6) is 0.910. The van der Waals surface area contributed by atoms with Crippen molar-refractivity contribution in [2.45, 2.75) is 78.4 Å². The molecule has 2 N–H and O–H groups in total. The molecule has 1 atom stereocenters. The molecule has 0 saturated carbocycles. The summed E-state index contributed by atoms with van der Waals surface area (Å²) in [5, 5.41) is 13.7. The zero-order valence-electron chi connectivity index (χ0n) is 19.9. The molecule has 0 radical (unpaired) electrons. The second-order valence-electron chi connectivity index (χ2n) is 10.3. The van der Waals surface area contributed by atoms with E-state index < -0.39 is 6.10 Å². The predicted octanol–water partition coefficient (Wildman–Crippen LogP) is 6.11. The quantitative estimate of drug-likeness (QED) is 0.553. The Bertz CT molecular complexity index is 754. The molecule has 0 aliphatic heterocycles. The highest BCUT2D eigenvalue weighted by Gasteiger charge is 2.28. The van der Waals surface area contributed by atoms with E-state index in [0.29, 0.717) is 12.6 Å². The van der Waals surface area contributed by atoms with Gasteiger partial charge in [-0.05, 0) is 34.1 Å². The first-order valence-electron chi connectivity index (χ1n) is 10.7. The van der Waals surface area contributed by atoms with Crippen molar-refractivity contribution in [3.05, 3.63) is 53.6 Å². The van der Waals surface area contributed by atoms with Crippen molar-refractivity contribution in [1.82, 2.24) is 5.32 Å². The molecule has 0 saturated heterocycles. The predicted molar refractivity (Wildman–Crippen MR) is 131 cm³/mol. The van der Waals surface area contributed by atoms with Gasteiger partial charge in [0.25, 0.3) is 0 Å². The number of halogens is 1. The van der Waals surface area contributed by atoms with Crippen molar-refractivity contribution in [2.24, 2.45) is 0 Å². The molecule has 168 valence electrons. The zero-order valence-corrected chi connectivity index (χ0v) is 20.7. The van der Waals surface area contributed by atoms with E-state index in [1.165, 1.54) is 22.3 Å². The molecular formula is C26H40ClNO2. The monoisotopic (exact) mass is 433 g/mol. The van der Waals surface area contributed by atoms with Crippen molar-refractivity contribution in [3.63, 3.8) is 0 Å². The minimum absolute atomic E-state index is 0. The van der Waals surface area contributed by atoms with Gasteiger partial charge < -0.3 is 15.2 Å². The molecule has 4 heteroatoms. The third kappa shape index (κ3) is 7.30. The van der Waals surface area contributed by atoms with Crippen molar-refractivity contribution in [1.29, 1.82) is 0 Å². The number of nitrogens with one attached hydrogen (secondary N) is 1. The summed E-state index contributed by atoms with van der Waals surface area (Å²) in [6.45, 7) is 18.2. The fourth-order valence-corrected chi connectivity index (χ4v) is 3.31. The number of benzene rings is 2. The molecule has 3 nitrogen and oxygen atoms in total. The van der Waals surface area contributed by atoms with E-state index in [-0.39, 0.29) is 29.8 Å². The second kappa shape index (κ2) is 10.7. The van der Waals surface area contributed by atoms with Crippen LogP contribution < -0.4 is 10.1 Å². The van der Waals surface area contributed by atoms with Crippen LogP contribution in [0.1, 0.15) is 66.5 Å². The first-order chi connectivity index (χ1) is 13.4. The molecule has 0 spiro atoms. The van der Waals surface area contributed by atoms with Crippen LogP contribution in [0.5, 0.6) is 5.75 Å². The van der Waals surface area contributed by atoms with Gasteiger partial charge in [0.15, 0.2) is 0 Å². The first-order valence-corrected chi connectivity index (χ1v) is 10.7. The van der Waals surface area contributed by atoms with Crippen LogP contribution in [0.3, 0.4) is 0 Å². The number of hydrogen-bond donors (Lipinski definition) is 2. The summed E-state index contributed by atoms with van der Waals surface area (Å²) in [5.41, 5.74) is 4.59. The maximum atomic E-state index is 10.4. The highest BCUT2D eigenvalue weighted by atomic mass is 35.5. The molecule has 0 heterocycles. The summed E-state index contributed by atoms with van der Waals surface area (Å²) in [6.07, 6.45) is -0.549. The van der Waals surface area contributed by atoms with E-state index in [1.807, 2.05) is 6.07 Å². The molecule has 0 aliphatic carbocycles. The summed E-state index contributed by atoms with van der Waals surface area (Å²) in [4.78, 5) is 0. The molecule has 0 amide bonds. The number of rotatable bonds is 7. The van der Waals surface area contributed by atoms with E-state index in [4.69, 9.17) is 4.74 Å². The Morgan fingerprint density at radius 1 is 0.867 bits per heavy atom. The SMILES string of the molecule is CC(C)NCC(O)COc1c(C(C)(C)C)cc(-c2ccccc2)cc1C(C)(C)C.Cl. The summed E-state index contributed by atoms with van der Waals surface area (Å²) in [6, 6.07) is 15.3. The molecule has 1 unspecified atom stereocenters. The van der Waals surface area contributed by atoms with E-state index in [9.17, 15) is 5.11 Å². The Morgan fingerprint density at radius 2 is 1.37 bits per heavy atom. The third-order valence-corrected chi connectivity index (χ3v) is 4.99. The average molecular weight is 434 g/mol. The van der Waals surface area contributed by atoms with Crippen molar-refractivity contribution in [3.8, 4) is 16.9 Å². The van der Waals surface area contributed by atoms with Crippen LogP contribution in [0.2, 0.25) is 0 Å². The molecule has 30 heavy (non-hydrogen) atoms. The van der Waals surface area contributed by atoms with E-state index in [2.05, 4.69) is 97.1 Å².